The van der Waals surface area contributed by atoms with E-state index in [0.29, 0.717) is 60.6 Å². The molecule has 0 spiro atoms. The van der Waals surface area contributed by atoms with E-state index >= 15 is 0 Å². The quantitative estimate of drug-likeness (QED) is 0.148. The van der Waals surface area contributed by atoms with Gasteiger partial charge in [0.15, 0.2) is 0 Å². The third kappa shape index (κ3) is 16.8. The third-order valence-electron chi connectivity index (χ3n) is 12.4. The topological polar surface area (TPSA) is 133 Å². The standard InChI is InChI=1S/C21H33BFNO5.C15H21BrFNO3.C12H24B2O4/c1-19(2,3)27-18(25)24(8)12-9-13-26-15-10-11-16(17(23)14-15)22-28-20(4,5)21(6,7)29-22;1-15(2,3)21-14(19)18(4)8-5-9-20-11-6-7-12(16)13(17)10-11;1-9(2)10(3,4)16-13(15-9)14-17-11(5,6)12(7,8)18-14/h10-11,14H,9,12-13H2,1-8H3;6-7,10H,5,8-9H2,1-4H3;1-8H3. The summed E-state index contributed by atoms with van der Waals surface area (Å²) in [5, 5.41) is 0. The van der Waals surface area contributed by atoms with Gasteiger partial charge in [-0.3, -0.25) is 0 Å². The molecule has 2 aromatic rings. The van der Waals surface area contributed by atoms with Crippen molar-refractivity contribution >= 4 is 54.7 Å². The maximum absolute atomic E-state index is 14.6. The first kappa shape index (κ1) is 59.2. The summed E-state index contributed by atoms with van der Waals surface area (Å²) in [6.45, 7) is 36.6. The van der Waals surface area contributed by atoms with Crippen LogP contribution in [0.15, 0.2) is 40.9 Å². The second-order valence-electron chi connectivity index (χ2n) is 22.3. The van der Waals surface area contributed by atoms with Gasteiger partial charge in [-0.25, -0.2) is 18.4 Å². The Morgan fingerprint density at radius 2 is 0.882 bits per heavy atom. The van der Waals surface area contributed by atoms with Crippen molar-refractivity contribution < 1.29 is 65.2 Å². The van der Waals surface area contributed by atoms with Crippen molar-refractivity contribution in [1.82, 2.24) is 9.80 Å². The van der Waals surface area contributed by atoms with Crippen LogP contribution in [-0.2, 0) is 37.4 Å². The fourth-order valence-electron chi connectivity index (χ4n) is 6.17. The van der Waals surface area contributed by atoms with Crippen molar-refractivity contribution in [3.8, 4) is 11.5 Å². The molecule has 5 rings (SSSR count). The number of nitrogens with zero attached hydrogens (tertiary/aromatic N) is 2. The summed E-state index contributed by atoms with van der Waals surface area (Å²) in [4.78, 5) is 26.6. The Bertz CT molecular complexity index is 1930. The summed E-state index contributed by atoms with van der Waals surface area (Å²) >= 11 is 3.08. The Balaban J connectivity index is 0.000000279. The molecule has 3 heterocycles. The number of ether oxygens (including phenoxy) is 4. The molecule has 3 saturated heterocycles. The smallest absolute Gasteiger partial charge is 0.493 e. The molecule has 2 amide bonds. The van der Waals surface area contributed by atoms with E-state index in [2.05, 4.69) is 15.9 Å². The van der Waals surface area contributed by atoms with Crippen molar-refractivity contribution in [2.24, 2.45) is 0 Å². The lowest BCUT2D eigenvalue weighted by molar-refractivity contribution is 0.00578. The lowest BCUT2D eigenvalue weighted by Gasteiger charge is -2.32. The first-order chi connectivity index (χ1) is 30.8. The Labute approximate surface area is 414 Å². The minimum Gasteiger partial charge on any atom is -0.493 e. The molecule has 382 valence electrons. The molecule has 0 N–H and O–H groups in total. The number of hydrogen-bond donors (Lipinski definition) is 0. The lowest BCUT2D eigenvalue weighted by Crippen LogP contribution is -2.41. The number of rotatable bonds is 12. The Kier molecular flexibility index (Phi) is 19.6. The van der Waals surface area contributed by atoms with Gasteiger partial charge in [0.1, 0.15) is 34.3 Å². The van der Waals surface area contributed by atoms with Crippen molar-refractivity contribution in [3.63, 3.8) is 0 Å². The van der Waals surface area contributed by atoms with Crippen LogP contribution in [0, 0.1) is 11.6 Å². The highest BCUT2D eigenvalue weighted by atomic mass is 79.9. The predicted molar refractivity (Wildman–Crippen MR) is 266 cm³/mol. The largest absolute Gasteiger partial charge is 0.497 e. The molecular weight excluding hydrogens is 947 g/mol. The van der Waals surface area contributed by atoms with Gasteiger partial charge < -0.3 is 56.7 Å². The molecule has 0 radical (unpaired) electrons. The molecule has 20 heteroatoms. The molecule has 0 bridgehead atoms. The molecular formula is C48H78B3BrF2N2O12. The van der Waals surface area contributed by atoms with Crippen molar-refractivity contribution in [1.29, 1.82) is 0 Å². The van der Waals surface area contributed by atoms with E-state index in [1.165, 1.54) is 21.9 Å². The number of halogens is 3. The fourth-order valence-corrected chi connectivity index (χ4v) is 6.42. The second-order valence-corrected chi connectivity index (χ2v) is 23.2. The predicted octanol–water partition coefficient (Wildman–Crippen LogP) is 10.2. The molecule has 68 heavy (non-hydrogen) atoms. The number of benzene rings is 2. The molecule has 14 nitrogen and oxygen atoms in total. The second kappa shape index (κ2) is 22.5. The number of carbonyl (C=O) groups is 2. The third-order valence-corrected chi connectivity index (χ3v) is 13.0. The van der Waals surface area contributed by atoms with Gasteiger partial charge in [-0.2, -0.15) is 0 Å². The van der Waals surface area contributed by atoms with Crippen LogP contribution < -0.4 is 14.9 Å². The fraction of sp³-hybridized carbons (Fsp3) is 0.708. The van der Waals surface area contributed by atoms with E-state index in [1.807, 2.05) is 125 Å². The molecule has 3 aliphatic rings. The molecule has 0 aromatic heterocycles. The first-order valence-electron chi connectivity index (χ1n) is 23.2. The van der Waals surface area contributed by atoms with Gasteiger partial charge in [0.2, 0.25) is 0 Å². The van der Waals surface area contributed by atoms with Gasteiger partial charge in [0.25, 0.3) is 0 Å². The summed E-state index contributed by atoms with van der Waals surface area (Å²) in [5.74, 6) is 0.0866. The molecule has 0 unspecified atom stereocenters. The highest BCUT2D eigenvalue weighted by molar-refractivity contribution is 9.10. The van der Waals surface area contributed by atoms with Crippen LogP contribution in [0.2, 0.25) is 0 Å². The van der Waals surface area contributed by atoms with Crippen LogP contribution in [0.3, 0.4) is 0 Å². The van der Waals surface area contributed by atoms with Gasteiger partial charge in [-0.1, -0.05) is 6.07 Å². The van der Waals surface area contributed by atoms with Gasteiger partial charge in [0.05, 0.1) is 51.3 Å². The zero-order valence-corrected chi connectivity index (χ0v) is 46.0. The Morgan fingerprint density at radius 1 is 0.559 bits per heavy atom. The van der Waals surface area contributed by atoms with Crippen molar-refractivity contribution in [2.45, 2.75) is 182 Å². The highest BCUT2D eigenvalue weighted by Gasteiger charge is 2.63. The Hall–Kier alpha value is -3.13. The first-order valence-corrected chi connectivity index (χ1v) is 24.0. The normalized spacial score (nSPS) is 19.5. The zero-order chi connectivity index (χ0) is 52.1. The SMILES string of the molecule is CC1(C)OB(B2OC(C)(C)C(C)(C)O2)OC1(C)C.CN(CCCOc1ccc(B2OC(C)(C)C(C)(C)O2)c(F)c1)C(=O)OC(C)(C)C.CN(CCCOc1ccc(Br)c(F)c1)C(=O)OC(C)(C)C. The number of hydrogen-bond acceptors (Lipinski definition) is 12. The molecule has 0 aliphatic carbocycles. The van der Waals surface area contributed by atoms with Crippen LogP contribution in [0.5, 0.6) is 11.5 Å². The average molecular weight is 1030 g/mol. The summed E-state index contributed by atoms with van der Waals surface area (Å²) in [7, 11) is 1.64. The summed E-state index contributed by atoms with van der Waals surface area (Å²) < 4.78 is 85.5. The maximum atomic E-state index is 14.6. The van der Waals surface area contributed by atoms with Crippen LogP contribution in [-0.4, -0.2) is 128 Å². The van der Waals surface area contributed by atoms with Gasteiger partial charge >= 0.3 is 33.3 Å². The minimum absolute atomic E-state index is 0.348. The molecule has 2 aromatic carbocycles. The van der Waals surface area contributed by atoms with Crippen LogP contribution in [0.1, 0.15) is 137 Å². The minimum atomic E-state index is -0.753. The van der Waals surface area contributed by atoms with Gasteiger partial charge in [-0.15, -0.1) is 0 Å². The Morgan fingerprint density at radius 3 is 1.21 bits per heavy atom. The maximum Gasteiger partial charge on any atom is 0.497 e. The monoisotopic (exact) mass is 1020 g/mol. The highest BCUT2D eigenvalue weighted by Crippen LogP contribution is 2.43. The molecule has 0 atom stereocenters. The van der Waals surface area contributed by atoms with Crippen LogP contribution in [0.25, 0.3) is 0 Å². The summed E-state index contributed by atoms with van der Waals surface area (Å²) in [5.41, 5.74) is -3.18. The van der Waals surface area contributed by atoms with E-state index in [9.17, 15) is 18.4 Å². The van der Waals surface area contributed by atoms with Crippen molar-refractivity contribution in [2.75, 3.05) is 40.4 Å². The van der Waals surface area contributed by atoms with Gasteiger partial charge in [-0.05, 0) is 172 Å². The molecule has 3 aliphatic heterocycles. The van der Waals surface area contributed by atoms with Crippen LogP contribution in [0.4, 0.5) is 18.4 Å². The summed E-state index contributed by atoms with van der Waals surface area (Å²) in [6, 6.07) is 9.25. The van der Waals surface area contributed by atoms with E-state index in [-0.39, 0.29) is 40.4 Å². The van der Waals surface area contributed by atoms with Crippen molar-refractivity contribution in [3.05, 3.63) is 52.5 Å². The van der Waals surface area contributed by atoms with E-state index in [1.54, 1.807) is 38.4 Å². The number of amides is 2. The summed E-state index contributed by atoms with van der Waals surface area (Å²) in [6.07, 6.45) is 0.483. The zero-order valence-electron chi connectivity index (χ0n) is 44.4. The van der Waals surface area contributed by atoms with Crippen LogP contribution >= 0.6 is 15.9 Å². The van der Waals surface area contributed by atoms with E-state index in [4.69, 9.17) is 46.9 Å². The molecule has 3 fully saturated rings. The average Bonchev–Trinajstić information content (AvgIpc) is 3.64. The van der Waals surface area contributed by atoms with Gasteiger partial charge in [0, 0.05) is 44.8 Å². The number of carbonyl (C=O) groups excluding carboxylic acids is 2. The van der Waals surface area contributed by atoms with E-state index in [0.717, 1.165) is 0 Å². The molecule has 0 saturated carbocycles. The lowest BCUT2D eigenvalue weighted by atomic mass is 9.49. The van der Waals surface area contributed by atoms with E-state index < -0.39 is 49.4 Å².